The molecule has 0 heterocycles. The van der Waals surface area contributed by atoms with Gasteiger partial charge in [0.2, 0.25) is 5.91 Å². The van der Waals surface area contributed by atoms with Crippen LogP contribution in [-0.4, -0.2) is 18.5 Å². The predicted octanol–water partition coefficient (Wildman–Crippen LogP) is 2.42. The number of nitrogens with two attached hydrogens (primary N) is 1. The number of carbonyl (C=O) groups excluding carboxylic acids is 1. The van der Waals surface area contributed by atoms with E-state index < -0.39 is 0 Å². The van der Waals surface area contributed by atoms with Crippen LogP contribution in [0.3, 0.4) is 0 Å². The Labute approximate surface area is 116 Å². The summed E-state index contributed by atoms with van der Waals surface area (Å²) in [4.78, 5) is 12.1. The van der Waals surface area contributed by atoms with E-state index in [1.54, 1.807) is 0 Å². The number of rotatable bonds is 5. The molecule has 0 bridgehead atoms. The van der Waals surface area contributed by atoms with E-state index >= 15 is 0 Å². The molecule has 3 nitrogen and oxygen atoms in total. The number of amides is 1. The molecular weight excluding hydrogens is 236 g/mol. The molecule has 1 aromatic carbocycles. The molecule has 1 amide bonds. The molecule has 1 aromatic rings. The molecule has 3 heteroatoms. The average Bonchev–Trinajstić information content (AvgIpc) is 2.30. The van der Waals surface area contributed by atoms with Crippen molar-refractivity contribution in [2.24, 2.45) is 11.1 Å². The van der Waals surface area contributed by atoms with Crippen molar-refractivity contribution in [3.8, 4) is 0 Å². The summed E-state index contributed by atoms with van der Waals surface area (Å²) in [6.07, 6.45) is 1.24. The van der Waals surface area contributed by atoms with Crippen molar-refractivity contribution in [3.05, 3.63) is 35.4 Å². The molecule has 0 aromatic heterocycles. The van der Waals surface area contributed by atoms with Crippen LogP contribution in [-0.2, 0) is 11.2 Å². The van der Waals surface area contributed by atoms with Crippen LogP contribution in [0.15, 0.2) is 24.3 Å². The zero-order chi connectivity index (χ0) is 14.5. The third kappa shape index (κ3) is 5.43. The first kappa shape index (κ1) is 15.7. The summed E-state index contributed by atoms with van der Waals surface area (Å²) in [7, 11) is 0. The number of benzene rings is 1. The highest BCUT2D eigenvalue weighted by Crippen LogP contribution is 2.21. The third-order valence-corrected chi connectivity index (χ3v) is 3.32. The van der Waals surface area contributed by atoms with Gasteiger partial charge in [-0.2, -0.15) is 0 Å². The Morgan fingerprint density at radius 2 is 1.84 bits per heavy atom. The number of aryl methyl sites for hydroxylation is 1. The van der Waals surface area contributed by atoms with E-state index in [0.717, 1.165) is 12.0 Å². The van der Waals surface area contributed by atoms with Gasteiger partial charge in [-0.3, -0.25) is 4.79 Å². The van der Waals surface area contributed by atoms with Crippen molar-refractivity contribution in [2.75, 3.05) is 6.54 Å². The Bertz CT molecular complexity index is 404. The number of hydrogen-bond acceptors (Lipinski definition) is 2. The van der Waals surface area contributed by atoms with Gasteiger partial charge in [0.1, 0.15) is 0 Å². The Hall–Kier alpha value is -1.35. The highest BCUT2D eigenvalue weighted by Gasteiger charge is 2.25. The summed E-state index contributed by atoms with van der Waals surface area (Å²) >= 11 is 0. The van der Waals surface area contributed by atoms with Crippen LogP contribution in [0.25, 0.3) is 0 Å². The monoisotopic (exact) mass is 262 g/mol. The molecule has 1 rings (SSSR count). The molecule has 0 aliphatic carbocycles. The Morgan fingerprint density at radius 3 is 2.32 bits per heavy atom. The third-order valence-electron chi connectivity index (χ3n) is 3.32. The maximum absolute atomic E-state index is 12.1. The molecule has 0 fully saturated rings. The van der Waals surface area contributed by atoms with E-state index in [4.69, 9.17) is 5.73 Å². The van der Waals surface area contributed by atoms with Crippen LogP contribution in [0, 0.1) is 12.3 Å². The first-order chi connectivity index (χ1) is 8.82. The fourth-order valence-corrected chi connectivity index (χ4v) is 2.03. The molecule has 0 aliphatic rings. The smallest absolute Gasteiger partial charge is 0.224 e. The van der Waals surface area contributed by atoms with Crippen molar-refractivity contribution in [3.63, 3.8) is 0 Å². The molecule has 1 unspecified atom stereocenters. The van der Waals surface area contributed by atoms with E-state index in [1.165, 1.54) is 5.56 Å². The van der Waals surface area contributed by atoms with Gasteiger partial charge in [-0.15, -0.1) is 0 Å². The molecule has 0 radical (unpaired) electrons. The maximum Gasteiger partial charge on any atom is 0.224 e. The largest absolute Gasteiger partial charge is 0.353 e. The van der Waals surface area contributed by atoms with Gasteiger partial charge >= 0.3 is 0 Å². The van der Waals surface area contributed by atoms with E-state index in [0.29, 0.717) is 13.0 Å². The summed E-state index contributed by atoms with van der Waals surface area (Å²) in [5, 5.41) is 3.10. The molecular formula is C16H26N2O. The molecule has 0 aliphatic heterocycles. The standard InChI is InChI=1S/C16H26N2O/c1-12-5-7-13(8-6-12)11-15(19)18-14(9-10-17)16(2,3)4/h5-8,14H,9-11,17H2,1-4H3,(H,18,19). The van der Waals surface area contributed by atoms with Gasteiger partial charge in [0.05, 0.1) is 6.42 Å². The molecule has 3 N–H and O–H groups in total. The lowest BCUT2D eigenvalue weighted by Crippen LogP contribution is -2.45. The number of hydrogen-bond donors (Lipinski definition) is 2. The molecule has 0 saturated heterocycles. The molecule has 1 atom stereocenters. The van der Waals surface area contributed by atoms with Gasteiger partial charge in [0.15, 0.2) is 0 Å². The quantitative estimate of drug-likeness (QED) is 0.856. The lowest BCUT2D eigenvalue weighted by atomic mass is 9.84. The lowest BCUT2D eigenvalue weighted by molar-refractivity contribution is -0.121. The second-order valence-electron chi connectivity index (χ2n) is 6.23. The van der Waals surface area contributed by atoms with Crippen LogP contribution < -0.4 is 11.1 Å². The SMILES string of the molecule is Cc1ccc(CC(=O)NC(CCN)C(C)(C)C)cc1. The fraction of sp³-hybridized carbons (Fsp3) is 0.562. The summed E-state index contributed by atoms with van der Waals surface area (Å²) in [6, 6.07) is 8.19. The van der Waals surface area contributed by atoms with E-state index in [9.17, 15) is 4.79 Å². The molecule has 19 heavy (non-hydrogen) atoms. The Morgan fingerprint density at radius 1 is 1.26 bits per heavy atom. The van der Waals surface area contributed by atoms with Crippen LogP contribution in [0.5, 0.6) is 0 Å². The highest BCUT2D eigenvalue weighted by molar-refractivity contribution is 5.78. The van der Waals surface area contributed by atoms with Crippen molar-refractivity contribution < 1.29 is 4.79 Å². The van der Waals surface area contributed by atoms with Gasteiger partial charge < -0.3 is 11.1 Å². The van der Waals surface area contributed by atoms with Crippen LogP contribution in [0.1, 0.15) is 38.3 Å². The Kier molecular flexibility index (Phi) is 5.55. The normalized spacial score (nSPS) is 13.1. The maximum atomic E-state index is 12.1. The first-order valence-corrected chi connectivity index (χ1v) is 6.88. The second kappa shape index (κ2) is 6.71. The summed E-state index contributed by atoms with van der Waals surface area (Å²) in [5.41, 5.74) is 7.90. The zero-order valence-corrected chi connectivity index (χ0v) is 12.5. The van der Waals surface area contributed by atoms with Crippen molar-refractivity contribution in [1.82, 2.24) is 5.32 Å². The van der Waals surface area contributed by atoms with E-state index in [2.05, 4.69) is 26.1 Å². The van der Waals surface area contributed by atoms with Crippen LogP contribution in [0.2, 0.25) is 0 Å². The summed E-state index contributed by atoms with van der Waals surface area (Å²) in [5.74, 6) is 0.0669. The zero-order valence-electron chi connectivity index (χ0n) is 12.5. The highest BCUT2D eigenvalue weighted by atomic mass is 16.1. The minimum absolute atomic E-state index is 0.0301. The summed E-state index contributed by atoms with van der Waals surface area (Å²) in [6.45, 7) is 9.01. The summed E-state index contributed by atoms with van der Waals surface area (Å²) < 4.78 is 0. The minimum Gasteiger partial charge on any atom is -0.353 e. The second-order valence-corrected chi connectivity index (χ2v) is 6.23. The van der Waals surface area contributed by atoms with Gasteiger partial charge in [0.25, 0.3) is 0 Å². The fourth-order valence-electron chi connectivity index (χ4n) is 2.03. The van der Waals surface area contributed by atoms with Crippen molar-refractivity contribution in [1.29, 1.82) is 0 Å². The minimum atomic E-state index is 0.0301. The van der Waals surface area contributed by atoms with Crippen LogP contribution in [0.4, 0.5) is 0 Å². The lowest BCUT2D eigenvalue weighted by Gasteiger charge is -2.31. The topological polar surface area (TPSA) is 55.1 Å². The Balaban J connectivity index is 2.60. The van der Waals surface area contributed by atoms with Crippen LogP contribution >= 0.6 is 0 Å². The number of carbonyl (C=O) groups is 1. The van der Waals surface area contributed by atoms with Gasteiger partial charge in [-0.25, -0.2) is 0 Å². The van der Waals surface area contributed by atoms with E-state index in [-0.39, 0.29) is 17.4 Å². The average molecular weight is 262 g/mol. The van der Waals surface area contributed by atoms with Gasteiger partial charge in [-0.1, -0.05) is 50.6 Å². The first-order valence-electron chi connectivity index (χ1n) is 6.88. The predicted molar refractivity (Wildman–Crippen MR) is 79.9 cm³/mol. The van der Waals surface area contributed by atoms with Crippen molar-refractivity contribution in [2.45, 2.75) is 46.6 Å². The molecule has 106 valence electrons. The molecule has 0 saturated carbocycles. The van der Waals surface area contributed by atoms with Gasteiger partial charge in [0, 0.05) is 6.04 Å². The van der Waals surface area contributed by atoms with E-state index in [1.807, 2.05) is 31.2 Å². The number of nitrogens with one attached hydrogen (secondary N) is 1. The van der Waals surface area contributed by atoms with Crippen molar-refractivity contribution >= 4 is 5.91 Å². The molecule has 0 spiro atoms. The van der Waals surface area contributed by atoms with Gasteiger partial charge in [-0.05, 0) is 30.9 Å².